The van der Waals surface area contributed by atoms with Crippen molar-refractivity contribution in [1.82, 2.24) is 4.57 Å². The number of carbonyl (C=O) groups is 1. The largest absolute Gasteiger partial charge is 0.360 e. The average molecular weight is 542 g/mol. The summed E-state index contributed by atoms with van der Waals surface area (Å²) in [6, 6.07) is 52.0. The second-order valence-electron chi connectivity index (χ2n) is 10.6. The number of rotatable bonds is 4. The number of para-hydroxylation sites is 4. The van der Waals surface area contributed by atoms with Crippen LogP contribution >= 0.6 is 0 Å². The number of hydrogen-bond acceptors (Lipinski definition) is 2. The molecule has 1 amide bonds. The Morgan fingerprint density at radius 3 is 1.93 bits per heavy atom. The molecular weight excluding hydrogens is 514 g/mol. The SMILES string of the molecule is O=C1c2ccccc2NC(c2ccc(-c3ccc4c(c3)c3ccccc3n4-c3ccccc3)cc2)N1c1ccccc1. The molecule has 200 valence electrons. The lowest BCUT2D eigenvalue weighted by molar-refractivity contribution is 0.0975. The van der Waals surface area contributed by atoms with Crippen molar-refractivity contribution in [1.29, 1.82) is 0 Å². The van der Waals surface area contributed by atoms with Gasteiger partial charge >= 0.3 is 0 Å². The standard InChI is InChI=1S/C38H27N3O/c42-38-32-16-7-9-17-34(32)39-37(41(38)30-13-5-2-6-14-30)27-21-19-26(20-22-27)28-23-24-36-33(25-28)31-15-8-10-18-35(31)40(36)29-11-3-1-4-12-29/h1-25,37,39H. The Labute approximate surface area is 244 Å². The third-order valence-electron chi connectivity index (χ3n) is 8.21. The van der Waals surface area contributed by atoms with Crippen LogP contribution in [0.15, 0.2) is 152 Å². The molecule has 7 aromatic rings. The van der Waals surface area contributed by atoms with Gasteiger partial charge in [0.25, 0.3) is 5.91 Å². The van der Waals surface area contributed by atoms with E-state index >= 15 is 0 Å². The minimum absolute atomic E-state index is 0.00937. The van der Waals surface area contributed by atoms with E-state index in [4.69, 9.17) is 0 Å². The zero-order valence-corrected chi connectivity index (χ0v) is 22.8. The van der Waals surface area contributed by atoms with Gasteiger partial charge in [0.15, 0.2) is 0 Å². The van der Waals surface area contributed by atoms with Crippen molar-refractivity contribution in [3.8, 4) is 16.8 Å². The first kappa shape index (κ1) is 24.2. The highest BCUT2D eigenvalue weighted by Crippen LogP contribution is 2.38. The Balaban J connectivity index is 1.20. The Hall–Kier alpha value is -5.61. The Kier molecular flexibility index (Phi) is 5.64. The van der Waals surface area contributed by atoms with Crippen LogP contribution in [0.3, 0.4) is 0 Å². The maximum absolute atomic E-state index is 13.7. The fourth-order valence-electron chi connectivity index (χ4n) is 6.21. The van der Waals surface area contributed by atoms with Crippen LogP contribution in [0.1, 0.15) is 22.1 Å². The van der Waals surface area contributed by atoms with E-state index in [1.54, 1.807) is 0 Å². The van der Waals surface area contributed by atoms with Gasteiger partial charge in [-0.1, -0.05) is 97.1 Å². The molecule has 1 aliphatic heterocycles. The molecule has 0 spiro atoms. The molecule has 0 saturated carbocycles. The van der Waals surface area contributed by atoms with Gasteiger partial charge in [-0.15, -0.1) is 0 Å². The fraction of sp³-hybridized carbons (Fsp3) is 0.0263. The minimum atomic E-state index is -0.324. The van der Waals surface area contributed by atoms with Gasteiger partial charge in [0, 0.05) is 27.8 Å². The van der Waals surface area contributed by atoms with Crippen LogP contribution in [0.25, 0.3) is 38.6 Å². The fourth-order valence-corrected chi connectivity index (χ4v) is 6.21. The predicted molar refractivity (Wildman–Crippen MR) is 172 cm³/mol. The quantitative estimate of drug-likeness (QED) is 0.241. The van der Waals surface area contributed by atoms with E-state index < -0.39 is 0 Å². The van der Waals surface area contributed by atoms with Crippen molar-refractivity contribution >= 4 is 39.1 Å². The summed E-state index contributed by atoms with van der Waals surface area (Å²) in [6.45, 7) is 0. The van der Waals surface area contributed by atoms with Crippen molar-refractivity contribution in [2.45, 2.75) is 6.17 Å². The molecule has 4 heteroatoms. The molecule has 1 unspecified atom stereocenters. The normalized spacial score (nSPS) is 14.6. The molecule has 0 saturated heterocycles. The molecule has 6 aromatic carbocycles. The minimum Gasteiger partial charge on any atom is -0.360 e. The van der Waals surface area contributed by atoms with Gasteiger partial charge < -0.3 is 9.88 Å². The summed E-state index contributed by atoms with van der Waals surface area (Å²) in [5.74, 6) is -0.00937. The van der Waals surface area contributed by atoms with E-state index in [-0.39, 0.29) is 12.1 Å². The van der Waals surface area contributed by atoms with Crippen LogP contribution in [-0.2, 0) is 0 Å². The number of nitrogens with one attached hydrogen (secondary N) is 1. The van der Waals surface area contributed by atoms with Gasteiger partial charge in [0.05, 0.1) is 16.6 Å². The highest BCUT2D eigenvalue weighted by molar-refractivity contribution is 6.12. The monoisotopic (exact) mass is 541 g/mol. The van der Waals surface area contributed by atoms with Crippen LogP contribution < -0.4 is 10.2 Å². The number of fused-ring (bicyclic) bond motifs is 4. The van der Waals surface area contributed by atoms with Gasteiger partial charge in [-0.3, -0.25) is 9.69 Å². The maximum Gasteiger partial charge on any atom is 0.262 e. The molecule has 1 atom stereocenters. The van der Waals surface area contributed by atoms with Crippen LogP contribution in [-0.4, -0.2) is 10.5 Å². The second-order valence-corrected chi connectivity index (χ2v) is 10.6. The van der Waals surface area contributed by atoms with E-state index in [1.807, 2.05) is 59.5 Å². The number of nitrogens with zero attached hydrogens (tertiary/aromatic N) is 2. The molecule has 42 heavy (non-hydrogen) atoms. The third-order valence-corrected chi connectivity index (χ3v) is 8.21. The molecule has 0 radical (unpaired) electrons. The molecule has 1 aromatic heterocycles. The van der Waals surface area contributed by atoms with Crippen LogP contribution in [0, 0.1) is 0 Å². The first-order valence-corrected chi connectivity index (χ1v) is 14.2. The Bertz CT molecular complexity index is 2080. The lowest BCUT2D eigenvalue weighted by Gasteiger charge is -2.38. The molecule has 4 nitrogen and oxygen atoms in total. The molecule has 1 N–H and O–H groups in total. The first-order valence-electron chi connectivity index (χ1n) is 14.2. The molecule has 1 aliphatic rings. The molecular formula is C38H27N3O. The molecule has 0 aliphatic carbocycles. The van der Waals surface area contributed by atoms with E-state index in [9.17, 15) is 4.79 Å². The number of benzene rings is 6. The van der Waals surface area contributed by atoms with E-state index in [1.165, 1.54) is 21.8 Å². The number of carbonyl (C=O) groups excluding carboxylic acids is 1. The van der Waals surface area contributed by atoms with Crippen molar-refractivity contribution < 1.29 is 4.79 Å². The Morgan fingerprint density at radius 2 is 1.14 bits per heavy atom. The van der Waals surface area contributed by atoms with Gasteiger partial charge in [0.2, 0.25) is 0 Å². The summed E-state index contributed by atoms with van der Waals surface area (Å²) in [7, 11) is 0. The van der Waals surface area contributed by atoms with Gasteiger partial charge in [-0.05, 0) is 71.3 Å². The highest BCUT2D eigenvalue weighted by Gasteiger charge is 2.33. The molecule has 2 heterocycles. The van der Waals surface area contributed by atoms with E-state index in [0.29, 0.717) is 5.56 Å². The van der Waals surface area contributed by atoms with E-state index in [2.05, 4.69) is 107 Å². The molecule has 0 fully saturated rings. The van der Waals surface area contributed by atoms with Crippen molar-refractivity contribution in [2.24, 2.45) is 0 Å². The number of anilines is 2. The average Bonchev–Trinajstić information content (AvgIpc) is 3.39. The summed E-state index contributed by atoms with van der Waals surface area (Å²) in [4.78, 5) is 15.6. The van der Waals surface area contributed by atoms with Crippen molar-refractivity contribution in [2.75, 3.05) is 10.2 Å². The topological polar surface area (TPSA) is 37.3 Å². The lowest BCUT2D eigenvalue weighted by atomic mass is 9.98. The second kappa shape index (κ2) is 9.79. The van der Waals surface area contributed by atoms with E-state index in [0.717, 1.165) is 33.8 Å². The van der Waals surface area contributed by atoms with Crippen LogP contribution in [0.4, 0.5) is 11.4 Å². The number of hydrogen-bond donors (Lipinski definition) is 1. The lowest BCUT2D eigenvalue weighted by Crippen LogP contribution is -2.43. The van der Waals surface area contributed by atoms with Gasteiger partial charge in [-0.2, -0.15) is 0 Å². The zero-order chi connectivity index (χ0) is 28.0. The number of amides is 1. The highest BCUT2D eigenvalue weighted by atomic mass is 16.2. The number of aromatic nitrogens is 1. The maximum atomic E-state index is 13.7. The van der Waals surface area contributed by atoms with Crippen molar-refractivity contribution in [3.05, 3.63) is 163 Å². The first-order chi connectivity index (χ1) is 20.8. The summed E-state index contributed by atoms with van der Waals surface area (Å²) in [6.07, 6.45) is -0.324. The third kappa shape index (κ3) is 3.88. The summed E-state index contributed by atoms with van der Waals surface area (Å²) in [5, 5.41) is 6.07. The van der Waals surface area contributed by atoms with Crippen LogP contribution in [0.5, 0.6) is 0 Å². The molecule has 8 rings (SSSR count). The van der Waals surface area contributed by atoms with Crippen LogP contribution in [0.2, 0.25) is 0 Å². The van der Waals surface area contributed by atoms with Gasteiger partial charge in [-0.25, -0.2) is 0 Å². The molecule has 0 bridgehead atoms. The van der Waals surface area contributed by atoms with Gasteiger partial charge in [0.1, 0.15) is 6.17 Å². The predicted octanol–water partition coefficient (Wildman–Crippen LogP) is 9.22. The smallest absolute Gasteiger partial charge is 0.262 e. The Morgan fingerprint density at radius 1 is 0.524 bits per heavy atom. The summed E-state index contributed by atoms with van der Waals surface area (Å²) >= 11 is 0. The van der Waals surface area contributed by atoms with Crippen molar-refractivity contribution in [3.63, 3.8) is 0 Å². The summed E-state index contributed by atoms with van der Waals surface area (Å²) in [5.41, 5.74) is 9.23. The zero-order valence-electron chi connectivity index (χ0n) is 22.8. The summed E-state index contributed by atoms with van der Waals surface area (Å²) < 4.78 is 2.33.